The molecule has 2 aromatic rings. The van der Waals surface area contributed by atoms with Gasteiger partial charge < -0.3 is 24.9 Å². The molecule has 0 saturated carbocycles. The molecular weight excluding hydrogens is 340 g/mol. The minimum absolute atomic E-state index is 0.0864. The molecule has 0 spiro atoms. The SMILES string of the molecule is COc1ccc2c(C[C@H](NC(=O)[C@H]3CCOC3)C(N)=O)cc(=O)oc2c1. The third-order valence-corrected chi connectivity index (χ3v) is 4.42. The van der Waals surface area contributed by atoms with Gasteiger partial charge in [-0.05, 0) is 24.1 Å². The maximum Gasteiger partial charge on any atom is 0.336 e. The maximum atomic E-state index is 12.3. The topological polar surface area (TPSA) is 121 Å². The van der Waals surface area contributed by atoms with E-state index < -0.39 is 17.6 Å². The summed E-state index contributed by atoms with van der Waals surface area (Å²) >= 11 is 0. The van der Waals surface area contributed by atoms with Gasteiger partial charge in [0.25, 0.3) is 0 Å². The van der Waals surface area contributed by atoms with E-state index in [1.165, 1.54) is 13.2 Å². The smallest absolute Gasteiger partial charge is 0.336 e. The Kier molecular flexibility index (Phi) is 5.22. The fourth-order valence-electron chi connectivity index (χ4n) is 2.98. The summed E-state index contributed by atoms with van der Waals surface area (Å²) in [5.74, 6) is -0.704. The first-order valence-electron chi connectivity index (χ1n) is 8.26. The maximum absolute atomic E-state index is 12.3. The van der Waals surface area contributed by atoms with Crippen LogP contribution in [0.3, 0.4) is 0 Å². The van der Waals surface area contributed by atoms with Crippen LogP contribution in [0.15, 0.2) is 33.5 Å². The van der Waals surface area contributed by atoms with Crippen LogP contribution in [0.1, 0.15) is 12.0 Å². The molecular formula is C18H20N2O6. The van der Waals surface area contributed by atoms with Gasteiger partial charge in [0.15, 0.2) is 0 Å². The lowest BCUT2D eigenvalue weighted by atomic mass is 10.0. The van der Waals surface area contributed by atoms with E-state index in [-0.39, 0.29) is 18.2 Å². The second-order valence-electron chi connectivity index (χ2n) is 6.18. The molecule has 3 N–H and O–H groups in total. The molecule has 0 radical (unpaired) electrons. The highest BCUT2D eigenvalue weighted by molar-refractivity contribution is 5.89. The molecule has 1 aromatic heterocycles. The molecule has 2 heterocycles. The standard InChI is InChI=1S/C18H20N2O6/c1-24-12-2-3-13-11(7-16(21)26-15(13)8-12)6-14(17(19)22)20-18(23)10-4-5-25-9-10/h2-3,7-8,10,14H,4-6,9H2,1H3,(H2,19,22)(H,20,23)/t10-,14-/m0/s1. The molecule has 1 aromatic carbocycles. The van der Waals surface area contributed by atoms with Crippen molar-refractivity contribution >= 4 is 22.8 Å². The van der Waals surface area contributed by atoms with E-state index in [9.17, 15) is 14.4 Å². The van der Waals surface area contributed by atoms with Crippen LogP contribution in [-0.2, 0) is 20.7 Å². The molecule has 3 rings (SSSR count). The second kappa shape index (κ2) is 7.57. The van der Waals surface area contributed by atoms with E-state index in [1.807, 2.05) is 0 Å². The molecule has 2 amide bonds. The summed E-state index contributed by atoms with van der Waals surface area (Å²) in [5.41, 5.74) is 5.80. The van der Waals surface area contributed by atoms with Crippen molar-refractivity contribution < 1.29 is 23.5 Å². The van der Waals surface area contributed by atoms with Gasteiger partial charge in [-0.15, -0.1) is 0 Å². The zero-order chi connectivity index (χ0) is 18.7. The Balaban J connectivity index is 1.87. The van der Waals surface area contributed by atoms with Crippen LogP contribution in [0, 0.1) is 5.92 Å². The summed E-state index contributed by atoms with van der Waals surface area (Å²) < 4.78 is 15.5. The summed E-state index contributed by atoms with van der Waals surface area (Å²) in [7, 11) is 1.51. The number of amides is 2. The Morgan fingerprint density at radius 1 is 1.38 bits per heavy atom. The van der Waals surface area contributed by atoms with Gasteiger partial charge in [-0.25, -0.2) is 4.79 Å². The molecule has 1 aliphatic heterocycles. The lowest BCUT2D eigenvalue weighted by molar-refractivity contribution is -0.129. The lowest BCUT2D eigenvalue weighted by Gasteiger charge is -2.18. The van der Waals surface area contributed by atoms with Crippen molar-refractivity contribution in [2.45, 2.75) is 18.9 Å². The average molecular weight is 360 g/mol. The van der Waals surface area contributed by atoms with Gasteiger partial charge in [0.05, 0.1) is 19.6 Å². The van der Waals surface area contributed by atoms with Crippen molar-refractivity contribution in [3.63, 3.8) is 0 Å². The summed E-state index contributed by atoms with van der Waals surface area (Å²) in [6.45, 7) is 0.848. The summed E-state index contributed by atoms with van der Waals surface area (Å²) in [6, 6.07) is 5.41. The number of methoxy groups -OCH3 is 1. The number of carbonyl (C=O) groups is 2. The molecule has 8 nitrogen and oxygen atoms in total. The summed E-state index contributed by atoms with van der Waals surface area (Å²) in [5, 5.41) is 3.31. The first kappa shape index (κ1) is 17.9. The van der Waals surface area contributed by atoms with Crippen molar-refractivity contribution in [2.75, 3.05) is 20.3 Å². The van der Waals surface area contributed by atoms with Crippen molar-refractivity contribution in [1.82, 2.24) is 5.32 Å². The predicted molar refractivity (Wildman–Crippen MR) is 92.8 cm³/mol. The van der Waals surface area contributed by atoms with Crippen LogP contribution < -0.4 is 21.4 Å². The third-order valence-electron chi connectivity index (χ3n) is 4.42. The average Bonchev–Trinajstić information content (AvgIpc) is 3.14. The fraction of sp³-hybridized carbons (Fsp3) is 0.389. The normalized spacial score (nSPS) is 17.8. The lowest BCUT2D eigenvalue weighted by Crippen LogP contribution is -2.48. The number of nitrogens with two attached hydrogens (primary N) is 1. The Morgan fingerprint density at radius 2 is 2.19 bits per heavy atom. The number of primary amides is 1. The van der Waals surface area contributed by atoms with E-state index in [0.29, 0.717) is 41.9 Å². The van der Waals surface area contributed by atoms with Crippen LogP contribution >= 0.6 is 0 Å². The summed E-state index contributed by atoms with van der Waals surface area (Å²) in [6.07, 6.45) is 0.693. The van der Waals surface area contributed by atoms with Crippen LogP contribution in [0.4, 0.5) is 0 Å². The quantitative estimate of drug-likeness (QED) is 0.717. The van der Waals surface area contributed by atoms with E-state index in [1.54, 1.807) is 18.2 Å². The van der Waals surface area contributed by atoms with Gasteiger partial charge in [0.2, 0.25) is 11.8 Å². The Bertz CT molecular complexity index is 885. The number of benzene rings is 1. The molecule has 2 atom stereocenters. The van der Waals surface area contributed by atoms with Crippen LogP contribution in [0.5, 0.6) is 5.75 Å². The number of ether oxygens (including phenoxy) is 2. The highest BCUT2D eigenvalue weighted by atomic mass is 16.5. The molecule has 1 saturated heterocycles. The number of rotatable bonds is 6. The number of hydrogen-bond donors (Lipinski definition) is 2. The third kappa shape index (κ3) is 3.85. The van der Waals surface area contributed by atoms with Crippen LogP contribution in [0.25, 0.3) is 11.0 Å². The number of carbonyl (C=O) groups excluding carboxylic acids is 2. The summed E-state index contributed by atoms with van der Waals surface area (Å²) in [4.78, 5) is 36.0. The minimum Gasteiger partial charge on any atom is -0.497 e. The Hall–Kier alpha value is -2.87. The minimum atomic E-state index is -0.935. The molecule has 138 valence electrons. The molecule has 0 bridgehead atoms. The number of hydrogen-bond acceptors (Lipinski definition) is 6. The van der Waals surface area contributed by atoms with Crippen molar-refractivity contribution in [3.8, 4) is 5.75 Å². The highest BCUT2D eigenvalue weighted by Gasteiger charge is 2.28. The van der Waals surface area contributed by atoms with Crippen LogP contribution in [-0.4, -0.2) is 38.2 Å². The van der Waals surface area contributed by atoms with E-state index in [2.05, 4.69) is 5.32 Å². The second-order valence-corrected chi connectivity index (χ2v) is 6.18. The van der Waals surface area contributed by atoms with E-state index in [0.717, 1.165) is 0 Å². The molecule has 8 heteroatoms. The van der Waals surface area contributed by atoms with E-state index in [4.69, 9.17) is 19.6 Å². The van der Waals surface area contributed by atoms with Gasteiger partial charge in [0.1, 0.15) is 17.4 Å². The van der Waals surface area contributed by atoms with Crippen molar-refractivity contribution in [1.29, 1.82) is 0 Å². The predicted octanol–water partition coefficient (Wildman–Crippen LogP) is 0.351. The number of nitrogens with one attached hydrogen (secondary N) is 1. The fourth-order valence-corrected chi connectivity index (χ4v) is 2.98. The molecule has 1 aliphatic rings. The molecule has 1 fully saturated rings. The van der Waals surface area contributed by atoms with E-state index >= 15 is 0 Å². The molecule has 26 heavy (non-hydrogen) atoms. The largest absolute Gasteiger partial charge is 0.497 e. The number of fused-ring (bicyclic) bond motifs is 1. The van der Waals surface area contributed by atoms with Crippen LogP contribution in [0.2, 0.25) is 0 Å². The highest BCUT2D eigenvalue weighted by Crippen LogP contribution is 2.23. The van der Waals surface area contributed by atoms with Gasteiger partial charge in [-0.2, -0.15) is 0 Å². The molecule has 0 aliphatic carbocycles. The first-order chi connectivity index (χ1) is 12.5. The monoisotopic (exact) mass is 360 g/mol. The van der Waals surface area contributed by atoms with Gasteiger partial charge in [0, 0.05) is 30.5 Å². The zero-order valence-corrected chi connectivity index (χ0v) is 14.3. The van der Waals surface area contributed by atoms with Gasteiger partial charge in [-0.1, -0.05) is 0 Å². The molecule has 0 unspecified atom stereocenters. The Morgan fingerprint density at radius 3 is 2.85 bits per heavy atom. The first-order valence-corrected chi connectivity index (χ1v) is 8.26. The van der Waals surface area contributed by atoms with Crippen molar-refractivity contribution in [2.24, 2.45) is 11.7 Å². The zero-order valence-electron chi connectivity index (χ0n) is 14.3. The Labute approximate surface area is 149 Å². The van der Waals surface area contributed by atoms with Gasteiger partial charge in [-0.3, -0.25) is 9.59 Å². The van der Waals surface area contributed by atoms with Gasteiger partial charge >= 0.3 is 5.63 Å². The van der Waals surface area contributed by atoms with Crippen molar-refractivity contribution in [3.05, 3.63) is 40.2 Å².